The summed E-state index contributed by atoms with van der Waals surface area (Å²) in [5.41, 5.74) is 1.95. The van der Waals surface area contributed by atoms with E-state index in [0.717, 1.165) is 33.0 Å². The summed E-state index contributed by atoms with van der Waals surface area (Å²) in [6.45, 7) is 5.65. The van der Waals surface area contributed by atoms with Gasteiger partial charge in [-0.25, -0.2) is 14.4 Å². The van der Waals surface area contributed by atoms with Gasteiger partial charge in [-0.2, -0.15) is 0 Å². The monoisotopic (exact) mass is 357 g/mol. The van der Waals surface area contributed by atoms with Crippen molar-refractivity contribution in [2.45, 2.75) is 25.8 Å². The van der Waals surface area contributed by atoms with E-state index in [1.807, 2.05) is 12.1 Å². The minimum absolute atomic E-state index is 0.216. The predicted molar refractivity (Wildman–Crippen MR) is 101 cm³/mol. The van der Waals surface area contributed by atoms with Crippen molar-refractivity contribution in [1.29, 1.82) is 0 Å². The van der Waals surface area contributed by atoms with Gasteiger partial charge in [-0.05, 0) is 30.7 Å². The number of hydrogen-bond acceptors (Lipinski definition) is 4. The maximum atomic E-state index is 13.1. The van der Waals surface area contributed by atoms with Crippen LogP contribution in [-0.2, 0) is 0 Å². The van der Waals surface area contributed by atoms with Crippen LogP contribution in [0.3, 0.4) is 0 Å². The lowest BCUT2D eigenvalue weighted by atomic mass is 10.2. The molecular weight excluding hydrogens is 335 g/mol. The first-order valence-corrected chi connectivity index (χ1v) is 9.65. The van der Waals surface area contributed by atoms with E-state index in [1.165, 1.54) is 38.1 Å². The third-order valence-electron chi connectivity index (χ3n) is 5.04. The summed E-state index contributed by atoms with van der Waals surface area (Å²) < 4.78 is 14.2. The van der Waals surface area contributed by atoms with Crippen molar-refractivity contribution in [2.75, 3.05) is 25.0 Å². The van der Waals surface area contributed by atoms with Crippen molar-refractivity contribution >= 4 is 27.4 Å². The molecule has 6 heteroatoms. The third-order valence-corrected chi connectivity index (χ3v) is 6.22. The molecule has 0 spiro atoms. The zero-order valence-corrected chi connectivity index (χ0v) is 15.1. The van der Waals surface area contributed by atoms with Crippen molar-refractivity contribution in [3.63, 3.8) is 0 Å². The molecule has 1 fully saturated rings. The van der Waals surface area contributed by atoms with E-state index in [-0.39, 0.29) is 5.82 Å². The average Bonchev–Trinajstić information content (AvgIpc) is 3.27. The van der Waals surface area contributed by atoms with E-state index in [4.69, 9.17) is 0 Å². The number of nitrogens with one attached hydrogen (secondary N) is 2. The number of nitrogens with zero attached hydrogens (tertiary/aromatic N) is 2. The fourth-order valence-corrected chi connectivity index (χ4v) is 4.73. The lowest BCUT2D eigenvalue weighted by Gasteiger charge is -2.20. The Morgan fingerprint density at radius 1 is 1.28 bits per heavy atom. The number of thiophene rings is 1. The zero-order valence-electron chi connectivity index (χ0n) is 14.3. The molecule has 2 N–H and O–H groups in total. The second-order valence-corrected chi connectivity index (χ2v) is 7.59. The quantitative estimate of drug-likeness (QED) is 0.738. The van der Waals surface area contributed by atoms with Crippen molar-refractivity contribution in [1.82, 2.24) is 9.97 Å². The number of fused-ring (bicyclic) bond motifs is 1. The number of likely N-dealkylation sites (N-methyl/N-ethyl adjacent to an activating group) is 1. The SMILES string of the molecule is CC[NH+]1CCC[C@@H]1CNc1ncnc2cc(-c3ccc(F)cc3)sc12. The molecule has 1 aliphatic rings. The van der Waals surface area contributed by atoms with Crippen LogP contribution in [-0.4, -0.2) is 35.6 Å². The molecule has 4 nitrogen and oxygen atoms in total. The molecule has 3 aromatic rings. The van der Waals surface area contributed by atoms with Crippen LogP contribution in [0.15, 0.2) is 36.7 Å². The van der Waals surface area contributed by atoms with Gasteiger partial charge in [0.15, 0.2) is 0 Å². The molecule has 1 aromatic carbocycles. The Bertz CT molecular complexity index is 861. The van der Waals surface area contributed by atoms with E-state index < -0.39 is 0 Å². The van der Waals surface area contributed by atoms with Gasteiger partial charge in [0.25, 0.3) is 0 Å². The molecular formula is C19H22FN4S+. The fourth-order valence-electron chi connectivity index (χ4n) is 3.65. The molecule has 0 aliphatic carbocycles. The maximum absolute atomic E-state index is 13.1. The van der Waals surface area contributed by atoms with Crippen LogP contribution in [0.25, 0.3) is 20.7 Å². The van der Waals surface area contributed by atoms with Gasteiger partial charge in [0.1, 0.15) is 24.0 Å². The Morgan fingerprint density at radius 2 is 2.12 bits per heavy atom. The second kappa shape index (κ2) is 7.06. The van der Waals surface area contributed by atoms with Crippen LogP contribution >= 0.6 is 11.3 Å². The normalized spacial score (nSPS) is 20.2. The number of aromatic nitrogens is 2. The first-order chi connectivity index (χ1) is 12.2. The van der Waals surface area contributed by atoms with Gasteiger partial charge in [-0.3, -0.25) is 0 Å². The topological polar surface area (TPSA) is 42.2 Å². The van der Waals surface area contributed by atoms with Crippen molar-refractivity contribution in [2.24, 2.45) is 0 Å². The summed E-state index contributed by atoms with van der Waals surface area (Å²) in [6, 6.07) is 9.31. The van der Waals surface area contributed by atoms with Gasteiger partial charge < -0.3 is 10.2 Å². The van der Waals surface area contributed by atoms with Crippen LogP contribution in [0.2, 0.25) is 0 Å². The van der Waals surface area contributed by atoms with E-state index in [2.05, 4.69) is 28.3 Å². The van der Waals surface area contributed by atoms with Gasteiger partial charge in [0.2, 0.25) is 0 Å². The van der Waals surface area contributed by atoms with E-state index >= 15 is 0 Å². The molecule has 0 amide bonds. The van der Waals surface area contributed by atoms with Crippen molar-refractivity contribution in [3.8, 4) is 10.4 Å². The Labute approximate surface area is 150 Å². The largest absolute Gasteiger partial charge is 0.363 e. The Hall–Kier alpha value is -2.05. The average molecular weight is 357 g/mol. The Morgan fingerprint density at radius 3 is 2.92 bits per heavy atom. The van der Waals surface area contributed by atoms with Crippen molar-refractivity contribution in [3.05, 3.63) is 42.5 Å². The van der Waals surface area contributed by atoms with Gasteiger partial charge in [0, 0.05) is 17.7 Å². The van der Waals surface area contributed by atoms with Crippen LogP contribution in [0.5, 0.6) is 0 Å². The predicted octanol–water partition coefficient (Wildman–Crippen LogP) is 2.98. The van der Waals surface area contributed by atoms with Gasteiger partial charge in [0.05, 0.1) is 29.9 Å². The smallest absolute Gasteiger partial charge is 0.147 e. The van der Waals surface area contributed by atoms with E-state index in [9.17, 15) is 4.39 Å². The highest BCUT2D eigenvalue weighted by atomic mass is 32.1. The summed E-state index contributed by atoms with van der Waals surface area (Å²) in [6.07, 6.45) is 4.20. The standard InChI is InChI=1S/C19H21FN4S/c1-2-24-9-3-4-15(24)11-21-19-18-16(22-12-23-19)10-17(25-18)13-5-7-14(20)8-6-13/h5-8,10,12,15H,2-4,9,11H2,1H3,(H,21,22,23)/p+1/t15-/m1/s1. The minimum Gasteiger partial charge on any atom is -0.363 e. The number of rotatable bonds is 5. The number of anilines is 1. The molecule has 3 heterocycles. The van der Waals surface area contributed by atoms with Gasteiger partial charge in [-0.1, -0.05) is 12.1 Å². The molecule has 25 heavy (non-hydrogen) atoms. The molecule has 0 radical (unpaired) electrons. The van der Waals surface area contributed by atoms with E-state index in [0.29, 0.717) is 6.04 Å². The Balaban J connectivity index is 1.58. The first-order valence-electron chi connectivity index (χ1n) is 8.83. The number of likely N-dealkylation sites (tertiary alicyclic amines) is 1. The number of hydrogen-bond donors (Lipinski definition) is 2. The molecule has 1 aliphatic heterocycles. The molecule has 0 saturated carbocycles. The van der Waals surface area contributed by atoms with Crippen molar-refractivity contribution < 1.29 is 9.29 Å². The molecule has 0 bridgehead atoms. The molecule has 2 aromatic heterocycles. The lowest BCUT2D eigenvalue weighted by Crippen LogP contribution is -3.14. The van der Waals surface area contributed by atoms with Crippen LogP contribution in [0, 0.1) is 5.82 Å². The van der Waals surface area contributed by atoms with Crippen LogP contribution < -0.4 is 10.2 Å². The highest BCUT2D eigenvalue weighted by Crippen LogP contribution is 2.35. The molecule has 4 rings (SSSR count). The summed E-state index contributed by atoms with van der Waals surface area (Å²) in [5, 5.41) is 3.55. The third kappa shape index (κ3) is 3.37. The molecule has 1 saturated heterocycles. The molecule has 1 unspecified atom stereocenters. The van der Waals surface area contributed by atoms with Gasteiger partial charge in [-0.15, -0.1) is 11.3 Å². The Kier molecular flexibility index (Phi) is 4.63. The number of benzene rings is 1. The fraction of sp³-hybridized carbons (Fsp3) is 0.368. The first kappa shape index (κ1) is 16.4. The summed E-state index contributed by atoms with van der Waals surface area (Å²) in [7, 11) is 0. The zero-order chi connectivity index (χ0) is 17.2. The lowest BCUT2D eigenvalue weighted by molar-refractivity contribution is -0.908. The number of halogens is 1. The van der Waals surface area contributed by atoms with Crippen LogP contribution in [0.4, 0.5) is 10.2 Å². The summed E-state index contributed by atoms with van der Waals surface area (Å²) in [5.74, 6) is 0.692. The summed E-state index contributed by atoms with van der Waals surface area (Å²) >= 11 is 1.66. The molecule has 130 valence electrons. The number of quaternary nitrogens is 1. The summed E-state index contributed by atoms with van der Waals surface area (Å²) in [4.78, 5) is 11.6. The van der Waals surface area contributed by atoms with Crippen LogP contribution in [0.1, 0.15) is 19.8 Å². The maximum Gasteiger partial charge on any atom is 0.147 e. The minimum atomic E-state index is -0.216. The van der Waals surface area contributed by atoms with Gasteiger partial charge >= 0.3 is 0 Å². The second-order valence-electron chi connectivity index (χ2n) is 6.54. The highest BCUT2D eigenvalue weighted by molar-refractivity contribution is 7.22. The molecule has 2 atom stereocenters. The van der Waals surface area contributed by atoms with E-state index in [1.54, 1.807) is 22.6 Å². The highest BCUT2D eigenvalue weighted by Gasteiger charge is 2.26.